The van der Waals surface area contributed by atoms with Crippen LogP contribution in [0.3, 0.4) is 0 Å². The fourth-order valence-corrected chi connectivity index (χ4v) is 3.36. The second kappa shape index (κ2) is 9.47. The fourth-order valence-electron chi connectivity index (χ4n) is 3.36. The number of hydrogen-bond donors (Lipinski definition) is 2. The molecule has 2 fully saturated rings. The Bertz CT molecular complexity index is 530. The lowest BCUT2D eigenvalue weighted by atomic mass is 9.98. The molecule has 1 aromatic rings. The third kappa shape index (κ3) is 4.76. The lowest BCUT2D eigenvalue weighted by Gasteiger charge is -2.31. The Morgan fingerprint density at radius 2 is 1.79 bits per heavy atom. The topological polar surface area (TPSA) is 67.6 Å². The minimum absolute atomic E-state index is 0. The van der Waals surface area contributed by atoms with Crippen molar-refractivity contribution in [2.24, 2.45) is 5.73 Å². The summed E-state index contributed by atoms with van der Waals surface area (Å²) in [6, 6.07) is 8.24. The number of amides is 1. The number of nitrogens with one attached hydrogen (secondary N) is 1. The molecule has 2 aliphatic rings. The van der Waals surface area contributed by atoms with Crippen LogP contribution in [0.4, 0.5) is 5.69 Å². The van der Waals surface area contributed by atoms with E-state index in [-0.39, 0.29) is 30.7 Å². The summed E-state index contributed by atoms with van der Waals surface area (Å²) < 4.78 is 5.41. The molecule has 1 aromatic carbocycles. The van der Waals surface area contributed by atoms with Crippen molar-refractivity contribution in [3.63, 3.8) is 0 Å². The third-order valence-electron chi connectivity index (χ3n) is 4.73. The van der Waals surface area contributed by atoms with Gasteiger partial charge in [0.25, 0.3) is 0 Å². The molecule has 0 atom stereocenters. The van der Waals surface area contributed by atoms with E-state index in [1.54, 1.807) is 0 Å². The maximum absolute atomic E-state index is 12.4. The van der Waals surface area contributed by atoms with E-state index in [4.69, 9.17) is 10.5 Å². The van der Waals surface area contributed by atoms with E-state index < -0.39 is 5.54 Å². The predicted molar refractivity (Wildman–Crippen MR) is 101 cm³/mol. The summed E-state index contributed by atoms with van der Waals surface area (Å²) in [5.74, 6) is -0.0122. The van der Waals surface area contributed by atoms with Gasteiger partial charge in [-0.1, -0.05) is 31.0 Å². The molecule has 0 aromatic heterocycles. The Hall–Kier alpha value is -1.01. The molecule has 5 nitrogen and oxygen atoms in total. The van der Waals surface area contributed by atoms with E-state index in [1.165, 1.54) is 5.69 Å². The summed E-state index contributed by atoms with van der Waals surface area (Å²) in [7, 11) is 0. The zero-order chi connectivity index (χ0) is 15.4. The second-order valence-corrected chi connectivity index (χ2v) is 6.27. The molecule has 136 valence electrons. The number of halogens is 2. The summed E-state index contributed by atoms with van der Waals surface area (Å²) in [6.07, 6.45) is 3.69. The van der Waals surface area contributed by atoms with Gasteiger partial charge in [0.1, 0.15) is 0 Å². The molecule has 1 heterocycles. The van der Waals surface area contributed by atoms with Crippen LogP contribution in [0.5, 0.6) is 0 Å². The predicted octanol–water partition coefficient (Wildman–Crippen LogP) is 2.25. The average molecular weight is 376 g/mol. The van der Waals surface area contributed by atoms with Gasteiger partial charge in [-0.3, -0.25) is 4.79 Å². The van der Waals surface area contributed by atoms with Gasteiger partial charge in [-0.2, -0.15) is 0 Å². The van der Waals surface area contributed by atoms with Crippen molar-refractivity contribution in [2.75, 3.05) is 31.2 Å². The van der Waals surface area contributed by atoms with Crippen molar-refractivity contribution >= 4 is 36.4 Å². The third-order valence-corrected chi connectivity index (χ3v) is 4.73. The number of morpholine rings is 1. The highest BCUT2D eigenvalue weighted by Crippen LogP contribution is 2.27. The lowest BCUT2D eigenvalue weighted by molar-refractivity contribution is -0.126. The maximum Gasteiger partial charge on any atom is 0.240 e. The number of carbonyl (C=O) groups excluding carboxylic acids is 1. The van der Waals surface area contributed by atoms with Crippen LogP contribution in [0.2, 0.25) is 0 Å². The Balaban J connectivity index is 0.00000144. The van der Waals surface area contributed by atoms with E-state index in [2.05, 4.69) is 22.3 Å². The Morgan fingerprint density at radius 3 is 2.46 bits per heavy atom. The largest absolute Gasteiger partial charge is 0.378 e. The number of carbonyl (C=O) groups is 1. The first-order chi connectivity index (χ1) is 10.7. The summed E-state index contributed by atoms with van der Waals surface area (Å²) in [4.78, 5) is 14.7. The molecule has 1 amide bonds. The van der Waals surface area contributed by atoms with Gasteiger partial charge < -0.3 is 20.7 Å². The van der Waals surface area contributed by atoms with Gasteiger partial charge in [0.15, 0.2) is 0 Å². The average Bonchev–Trinajstić information content (AvgIpc) is 3.02. The Labute approximate surface area is 156 Å². The van der Waals surface area contributed by atoms with Crippen molar-refractivity contribution in [1.29, 1.82) is 0 Å². The van der Waals surface area contributed by atoms with Gasteiger partial charge in [0.2, 0.25) is 5.91 Å². The summed E-state index contributed by atoms with van der Waals surface area (Å²) >= 11 is 0. The number of nitrogens with two attached hydrogens (primary N) is 1. The van der Waals surface area contributed by atoms with E-state index in [9.17, 15) is 4.79 Å². The molecule has 0 bridgehead atoms. The van der Waals surface area contributed by atoms with Crippen LogP contribution in [-0.2, 0) is 16.1 Å². The van der Waals surface area contributed by atoms with Crippen molar-refractivity contribution < 1.29 is 9.53 Å². The zero-order valence-electron chi connectivity index (χ0n) is 13.8. The maximum atomic E-state index is 12.4. The number of anilines is 1. The quantitative estimate of drug-likeness (QED) is 0.846. The van der Waals surface area contributed by atoms with Crippen molar-refractivity contribution in [1.82, 2.24) is 5.32 Å². The van der Waals surface area contributed by atoms with Gasteiger partial charge in [0.05, 0.1) is 18.8 Å². The molecule has 1 saturated heterocycles. The lowest BCUT2D eigenvalue weighted by Crippen LogP contribution is -2.51. The van der Waals surface area contributed by atoms with Crippen molar-refractivity contribution in [3.8, 4) is 0 Å². The minimum Gasteiger partial charge on any atom is -0.378 e. The van der Waals surface area contributed by atoms with Crippen LogP contribution >= 0.6 is 24.8 Å². The van der Waals surface area contributed by atoms with Crippen molar-refractivity contribution in [2.45, 2.75) is 37.8 Å². The summed E-state index contributed by atoms with van der Waals surface area (Å²) in [5, 5.41) is 3.04. The molecule has 0 radical (unpaired) electrons. The van der Waals surface area contributed by atoms with Crippen LogP contribution in [0, 0.1) is 0 Å². The number of nitrogens with zero attached hydrogens (tertiary/aromatic N) is 1. The number of rotatable bonds is 4. The van der Waals surface area contributed by atoms with E-state index in [0.717, 1.165) is 57.6 Å². The number of hydrogen-bond acceptors (Lipinski definition) is 4. The molecule has 1 aliphatic carbocycles. The van der Waals surface area contributed by atoms with Crippen LogP contribution in [0.25, 0.3) is 0 Å². The van der Waals surface area contributed by atoms with Crippen LogP contribution in [0.15, 0.2) is 24.3 Å². The highest BCUT2D eigenvalue weighted by Gasteiger charge is 2.36. The number of para-hydroxylation sites is 1. The summed E-state index contributed by atoms with van der Waals surface area (Å²) in [6.45, 7) is 3.84. The molecule has 1 aliphatic heterocycles. The van der Waals surface area contributed by atoms with Gasteiger partial charge in [-0.25, -0.2) is 0 Å². The molecule has 7 heteroatoms. The van der Waals surface area contributed by atoms with Gasteiger partial charge in [0, 0.05) is 25.3 Å². The van der Waals surface area contributed by atoms with Gasteiger partial charge in [-0.05, 0) is 24.5 Å². The Kier molecular flexibility index (Phi) is 8.30. The SMILES string of the molecule is Cl.Cl.NC1(C(=O)NCc2ccccc2N2CCOCC2)CCCC1. The minimum atomic E-state index is -0.659. The molecular formula is C17H27Cl2N3O2. The van der Waals surface area contributed by atoms with Gasteiger partial charge >= 0.3 is 0 Å². The smallest absolute Gasteiger partial charge is 0.240 e. The van der Waals surface area contributed by atoms with Crippen LogP contribution in [-0.4, -0.2) is 37.7 Å². The van der Waals surface area contributed by atoms with E-state index in [1.807, 2.05) is 12.1 Å². The van der Waals surface area contributed by atoms with E-state index >= 15 is 0 Å². The highest BCUT2D eigenvalue weighted by molar-refractivity contribution is 5.86. The standard InChI is InChI=1S/C17H25N3O2.2ClH/c18-17(7-3-4-8-17)16(21)19-13-14-5-1-2-6-15(14)20-9-11-22-12-10-20;;/h1-2,5-6H,3-4,7-13,18H2,(H,19,21);2*1H. The van der Waals surface area contributed by atoms with Crippen LogP contribution < -0.4 is 16.0 Å². The first kappa shape index (κ1) is 21.0. The Morgan fingerprint density at radius 1 is 1.17 bits per heavy atom. The first-order valence-electron chi connectivity index (χ1n) is 8.17. The highest BCUT2D eigenvalue weighted by atomic mass is 35.5. The van der Waals surface area contributed by atoms with Crippen molar-refractivity contribution in [3.05, 3.63) is 29.8 Å². The molecule has 3 rings (SSSR count). The summed E-state index contributed by atoms with van der Waals surface area (Å²) in [5.41, 5.74) is 7.87. The first-order valence-corrected chi connectivity index (χ1v) is 8.17. The molecule has 0 spiro atoms. The number of benzene rings is 1. The molecule has 0 unspecified atom stereocenters. The molecule has 3 N–H and O–H groups in total. The molecule has 24 heavy (non-hydrogen) atoms. The normalized spacial score (nSPS) is 19.1. The second-order valence-electron chi connectivity index (χ2n) is 6.27. The fraction of sp³-hybridized carbons (Fsp3) is 0.588. The molecule has 1 saturated carbocycles. The van der Waals surface area contributed by atoms with E-state index in [0.29, 0.717) is 6.54 Å². The zero-order valence-corrected chi connectivity index (χ0v) is 15.5. The molecular weight excluding hydrogens is 349 g/mol. The number of ether oxygens (including phenoxy) is 1. The van der Waals surface area contributed by atoms with Crippen LogP contribution in [0.1, 0.15) is 31.2 Å². The monoisotopic (exact) mass is 375 g/mol. The van der Waals surface area contributed by atoms with Gasteiger partial charge in [-0.15, -0.1) is 24.8 Å².